The zero-order valence-electron chi connectivity index (χ0n) is 13.4. The molecule has 0 aliphatic carbocycles. The fourth-order valence-corrected chi connectivity index (χ4v) is 2.35. The first-order chi connectivity index (χ1) is 10.6. The van der Waals surface area contributed by atoms with Crippen molar-refractivity contribution < 1.29 is 0 Å². The van der Waals surface area contributed by atoms with E-state index in [9.17, 15) is 0 Å². The normalized spacial score (nSPS) is 10.5. The Morgan fingerprint density at radius 2 is 2.00 bits per heavy atom. The standard InChI is InChI=1S/C17H23ClN4/c1-4-5-10-22(3)16-11-13(2)20-17(21-16)19-12-14-8-6-7-9-15(14)18/h6-9,11H,4-5,10,12H2,1-3H3,(H,19,20,21). The zero-order valence-corrected chi connectivity index (χ0v) is 14.2. The van der Waals surface area contributed by atoms with E-state index in [1.54, 1.807) is 0 Å². The van der Waals surface area contributed by atoms with Gasteiger partial charge in [-0.2, -0.15) is 4.98 Å². The van der Waals surface area contributed by atoms with Gasteiger partial charge >= 0.3 is 0 Å². The second-order valence-electron chi connectivity index (χ2n) is 5.41. The van der Waals surface area contributed by atoms with Crippen molar-refractivity contribution in [2.45, 2.75) is 33.2 Å². The number of nitrogens with one attached hydrogen (secondary N) is 1. The minimum absolute atomic E-state index is 0.612. The van der Waals surface area contributed by atoms with Crippen LogP contribution in [-0.2, 0) is 6.54 Å². The molecular weight excluding hydrogens is 296 g/mol. The Balaban J connectivity index is 2.08. The lowest BCUT2D eigenvalue weighted by Gasteiger charge is -2.19. The number of unbranched alkanes of at least 4 members (excludes halogenated alkanes) is 1. The lowest BCUT2D eigenvalue weighted by atomic mass is 10.2. The summed E-state index contributed by atoms with van der Waals surface area (Å²) >= 11 is 6.17. The third-order valence-electron chi connectivity index (χ3n) is 3.47. The third kappa shape index (κ3) is 4.60. The predicted molar refractivity (Wildman–Crippen MR) is 93.7 cm³/mol. The summed E-state index contributed by atoms with van der Waals surface area (Å²) in [5.74, 6) is 1.58. The van der Waals surface area contributed by atoms with Crippen molar-refractivity contribution >= 4 is 23.4 Å². The molecule has 0 saturated carbocycles. The molecule has 118 valence electrons. The van der Waals surface area contributed by atoms with Crippen LogP contribution in [-0.4, -0.2) is 23.6 Å². The monoisotopic (exact) mass is 318 g/mol. The van der Waals surface area contributed by atoms with E-state index in [0.717, 1.165) is 35.1 Å². The molecule has 22 heavy (non-hydrogen) atoms. The topological polar surface area (TPSA) is 41.1 Å². The van der Waals surface area contributed by atoms with Crippen molar-refractivity contribution in [3.8, 4) is 0 Å². The van der Waals surface area contributed by atoms with Gasteiger partial charge in [0.25, 0.3) is 0 Å². The molecule has 0 fully saturated rings. The summed E-state index contributed by atoms with van der Waals surface area (Å²) in [5, 5.41) is 4.01. The van der Waals surface area contributed by atoms with Crippen LogP contribution < -0.4 is 10.2 Å². The lowest BCUT2D eigenvalue weighted by Crippen LogP contribution is -2.20. The Morgan fingerprint density at radius 3 is 2.73 bits per heavy atom. The first kappa shape index (κ1) is 16.6. The minimum atomic E-state index is 0.612. The molecule has 0 aliphatic heterocycles. The average molecular weight is 319 g/mol. The number of rotatable bonds is 7. The fraction of sp³-hybridized carbons (Fsp3) is 0.412. The molecule has 1 N–H and O–H groups in total. The van der Waals surface area contributed by atoms with Gasteiger partial charge in [-0.1, -0.05) is 43.1 Å². The molecule has 0 radical (unpaired) electrons. The highest BCUT2D eigenvalue weighted by atomic mass is 35.5. The van der Waals surface area contributed by atoms with Gasteiger partial charge in [-0.15, -0.1) is 0 Å². The van der Waals surface area contributed by atoms with Gasteiger partial charge in [0.15, 0.2) is 0 Å². The lowest BCUT2D eigenvalue weighted by molar-refractivity contribution is 0.757. The Morgan fingerprint density at radius 1 is 1.23 bits per heavy atom. The van der Waals surface area contributed by atoms with Gasteiger partial charge in [0, 0.05) is 36.9 Å². The first-order valence-corrected chi connectivity index (χ1v) is 8.02. The maximum atomic E-state index is 6.17. The summed E-state index contributed by atoms with van der Waals surface area (Å²) in [7, 11) is 2.06. The van der Waals surface area contributed by atoms with Crippen molar-refractivity contribution in [1.82, 2.24) is 9.97 Å². The molecule has 0 spiro atoms. The molecule has 4 nitrogen and oxygen atoms in total. The van der Waals surface area contributed by atoms with Crippen LogP contribution in [0.3, 0.4) is 0 Å². The molecule has 0 atom stereocenters. The highest BCUT2D eigenvalue weighted by molar-refractivity contribution is 6.31. The fourth-order valence-electron chi connectivity index (χ4n) is 2.15. The van der Waals surface area contributed by atoms with Gasteiger partial charge in [0.1, 0.15) is 5.82 Å². The SMILES string of the molecule is CCCCN(C)c1cc(C)nc(NCc2ccccc2Cl)n1. The molecule has 5 heteroatoms. The smallest absolute Gasteiger partial charge is 0.225 e. The van der Waals surface area contributed by atoms with E-state index in [0.29, 0.717) is 12.5 Å². The molecular formula is C17H23ClN4. The van der Waals surface area contributed by atoms with E-state index in [1.807, 2.05) is 37.3 Å². The summed E-state index contributed by atoms with van der Waals surface area (Å²) in [4.78, 5) is 11.2. The Bertz CT molecular complexity index is 615. The molecule has 0 saturated heterocycles. The molecule has 0 bridgehead atoms. The second-order valence-corrected chi connectivity index (χ2v) is 5.82. The van der Waals surface area contributed by atoms with Crippen LogP contribution in [0.15, 0.2) is 30.3 Å². The highest BCUT2D eigenvalue weighted by Crippen LogP contribution is 2.18. The summed E-state index contributed by atoms with van der Waals surface area (Å²) in [6.45, 7) is 5.79. The maximum Gasteiger partial charge on any atom is 0.225 e. The van der Waals surface area contributed by atoms with Gasteiger partial charge in [0.05, 0.1) is 0 Å². The van der Waals surface area contributed by atoms with Gasteiger partial charge < -0.3 is 10.2 Å². The average Bonchev–Trinajstić information content (AvgIpc) is 2.51. The van der Waals surface area contributed by atoms with Gasteiger partial charge in [-0.25, -0.2) is 4.98 Å². The number of aryl methyl sites for hydroxylation is 1. The van der Waals surface area contributed by atoms with Crippen molar-refractivity contribution in [2.75, 3.05) is 23.8 Å². The van der Waals surface area contributed by atoms with Crippen LogP contribution in [0, 0.1) is 6.92 Å². The molecule has 0 unspecified atom stereocenters. The molecule has 2 aromatic rings. The van der Waals surface area contributed by atoms with Crippen LogP contribution in [0.2, 0.25) is 5.02 Å². The van der Waals surface area contributed by atoms with Crippen molar-refractivity contribution in [2.24, 2.45) is 0 Å². The number of aromatic nitrogens is 2. The Kier molecular flexibility index (Phi) is 6.01. The summed E-state index contributed by atoms with van der Waals surface area (Å²) < 4.78 is 0. The van der Waals surface area contributed by atoms with E-state index in [2.05, 4.69) is 34.2 Å². The van der Waals surface area contributed by atoms with Crippen LogP contribution in [0.5, 0.6) is 0 Å². The van der Waals surface area contributed by atoms with Crippen molar-refractivity contribution in [1.29, 1.82) is 0 Å². The van der Waals surface area contributed by atoms with E-state index in [-0.39, 0.29) is 0 Å². The number of halogens is 1. The molecule has 0 amide bonds. The van der Waals surface area contributed by atoms with E-state index >= 15 is 0 Å². The van der Waals surface area contributed by atoms with Crippen LogP contribution >= 0.6 is 11.6 Å². The maximum absolute atomic E-state index is 6.17. The van der Waals surface area contributed by atoms with E-state index in [4.69, 9.17) is 11.6 Å². The van der Waals surface area contributed by atoms with Gasteiger partial charge in [-0.05, 0) is 25.0 Å². The quantitative estimate of drug-likeness (QED) is 0.827. The minimum Gasteiger partial charge on any atom is -0.360 e. The molecule has 0 aliphatic rings. The van der Waals surface area contributed by atoms with Gasteiger partial charge in [0.2, 0.25) is 5.95 Å². The van der Waals surface area contributed by atoms with Crippen LogP contribution in [0.4, 0.5) is 11.8 Å². The van der Waals surface area contributed by atoms with E-state index < -0.39 is 0 Å². The van der Waals surface area contributed by atoms with Crippen molar-refractivity contribution in [3.63, 3.8) is 0 Å². The highest BCUT2D eigenvalue weighted by Gasteiger charge is 2.07. The molecule has 1 aromatic heterocycles. The Hall–Kier alpha value is -1.81. The van der Waals surface area contributed by atoms with Crippen LogP contribution in [0.1, 0.15) is 31.0 Å². The number of hydrogen-bond donors (Lipinski definition) is 1. The molecule has 1 heterocycles. The zero-order chi connectivity index (χ0) is 15.9. The molecule has 2 rings (SSSR count). The number of benzene rings is 1. The van der Waals surface area contributed by atoms with E-state index in [1.165, 1.54) is 6.42 Å². The molecule has 1 aromatic carbocycles. The Labute approximate surface area is 137 Å². The number of nitrogens with zero attached hydrogens (tertiary/aromatic N) is 3. The summed E-state index contributed by atoms with van der Waals surface area (Å²) in [5.41, 5.74) is 1.99. The largest absolute Gasteiger partial charge is 0.360 e. The van der Waals surface area contributed by atoms with Crippen LogP contribution in [0.25, 0.3) is 0 Å². The number of hydrogen-bond acceptors (Lipinski definition) is 4. The summed E-state index contributed by atoms with van der Waals surface area (Å²) in [6.07, 6.45) is 2.33. The van der Waals surface area contributed by atoms with Gasteiger partial charge in [-0.3, -0.25) is 0 Å². The number of anilines is 2. The second kappa shape index (κ2) is 7.99. The van der Waals surface area contributed by atoms with Crippen molar-refractivity contribution in [3.05, 3.63) is 46.6 Å². The summed E-state index contributed by atoms with van der Waals surface area (Å²) in [6, 6.07) is 9.80. The predicted octanol–water partition coefficient (Wildman–Crippen LogP) is 4.29. The third-order valence-corrected chi connectivity index (χ3v) is 3.84. The first-order valence-electron chi connectivity index (χ1n) is 7.64.